The van der Waals surface area contributed by atoms with Crippen molar-refractivity contribution >= 4 is 10.0 Å². The first-order valence-corrected chi connectivity index (χ1v) is 8.31. The fourth-order valence-corrected chi connectivity index (χ4v) is 4.90. The van der Waals surface area contributed by atoms with E-state index in [1.165, 1.54) is 0 Å². The zero-order valence-corrected chi connectivity index (χ0v) is 11.6. The normalized spacial score (nSPS) is 38.7. The molecule has 0 bridgehead atoms. The summed E-state index contributed by atoms with van der Waals surface area (Å²) in [6.45, 7) is 5.80. The van der Waals surface area contributed by atoms with E-state index in [0.717, 1.165) is 32.2 Å². The molecular weight excluding hydrogens is 236 g/mol. The predicted molar refractivity (Wildman–Crippen MR) is 69.3 cm³/mol. The Morgan fingerprint density at radius 1 is 1.29 bits per heavy atom. The first-order chi connectivity index (χ1) is 8.04. The van der Waals surface area contributed by atoms with E-state index in [9.17, 15) is 8.42 Å². The highest BCUT2D eigenvalue weighted by Crippen LogP contribution is 2.34. The Hall–Kier alpha value is -0.130. The molecular formula is C12H24N2O2S. The van der Waals surface area contributed by atoms with Crippen molar-refractivity contribution in [2.24, 2.45) is 11.8 Å². The molecule has 2 aliphatic rings. The number of sulfonamides is 1. The number of rotatable bonds is 4. The summed E-state index contributed by atoms with van der Waals surface area (Å²) in [5.74, 6) is 1.16. The molecule has 0 aromatic carbocycles. The van der Waals surface area contributed by atoms with E-state index in [4.69, 9.17) is 0 Å². The van der Waals surface area contributed by atoms with Gasteiger partial charge in [-0.3, -0.25) is 0 Å². The second kappa shape index (κ2) is 5.24. The van der Waals surface area contributed by atoms with Gasteiger partial charge < -0.3 is 5.32 Å². The van der Waals surface area contributed by atoms with E-state index >= 15 is 0 Å². The maximum absolute atomic E-state index is 12.2. The SMILES string of the molecule is CCC1CCC(NS(=O)(=O)C2CCNC2)C1C. The minimum Gasteiger partial charge on any atom is -0.315 e. The predicted octanol–water partition coefficient (Wildman–Crippen LogP) is 1.09. The van der Waals surface area contributed by atoms with Gasteiger partial charge in [-0.2, -0.15) is 0 Å². The zero-order chi connectivity index (χ0) is 12.5. The lowest BCUT2D eigenvalue weighted by Gasteiger charge is -2.22. The van der Waals surface area contributed by atoms with E-state index in [-0.39, 0.29) is 11.3 Å². The first kappa shape index (κ1) is 13.3. The van der Waals surface area contributed by atoms with Gasteiger partial charge in [-0.15, -0.1) is 0 Å². The third-order valence-corrected chi connectivity index (χ3v) is 6.43. The second-order valence-electron chi connectivity index (χ2n) is 5.49. The number of nitrogens with one attached hydrogen (secondary N) is 2. The van der Waals surface area contributed by atoms with Crippen LogP contribution >= 0.6 is 0 Å². The minimum atomic E-state index is -3.12. The van der Waals surface area contributed by atoms with Crippen molar-refractivity contribution < 1.29 is 8.42 Å². The summed E-state index contributed by atoms with van der Waals surface area (Å²) in [4.78, 5) is 0. The van der Waals surface area contributed by atoms with Gasteiger partial charge in [0.15, 0.2) is 0 Å². The molecule has 4 nitrogen and oxygen atoms in total. The molecule has 0 spiro atoms. The molecule has 1 aliphatic heterocycles. The third-order valence-electron chi connectivity index (χ3n) is 4.52. The molecule has 0 aromatic heterocycles. The zero-order valence-electron chi connectivity index (χ0n) is 10.8. The van der Waals surface area contributed by atoms with Gasteiger partial charge in [-0.25, -0.2) is 13.1 Å². The van der Waals surface area contributed by atoms with Gasteiger partial charge in [0.2, 0.25) is 10.0 Å². The first-order valence-electron chi connectivity index (χ1n) is 6.76. The van der Waals surface area contributed by atoms with Crippen LogP contribution in [0.25, 0.3) is 0 Å². The standard InChI is InChI=1S/C12H24N2O2S/c1-3-10-4-5-12(9(10)2)14-17(15,16)11-6-7-13-8-11/h9-14H,3-8H2,1-2H3. The maximum Gasteiger partial charge on any atom is 0.216 e. The Bertz CT molecular complexity index is 350. The van der Waals surface area contributed by atoms with Crippen LogP contribution < -0.4 is 10.0 Å². The molecule has 4 unspecified atom stereocenters. The minimum absolute atomic E-state index is 0.158. The molecule has 2 rings (SSSR count). The van der Waals surface area contributed by atoms with Crippen LogP contribution in [0, 0.1) is 11.8 Å². The van der Waals surface area contributed by atoms with Crippen LogP contribution in [0.1, 0.15) is 39.5 Å². The maximum atomic E-state index is 12.2. The summed E-state index contributed by atoms with van der Waals surface area (Å²) in [6.07, 6.45) is 4.06. The molecule has 1 aliphatic carbocycles. The van der Waals surface area contributed by atoms with Crippen molar-refractivity contribution in [3.8, 4) is 0 Å². The van der Waals surface area contributed by atoms with Crippen LogP contribution in [0.4, 0.5) is 0 Å². The van der Waals surface area contributed by atoms with Gasteiger partial charge in [0.25, 0.3) is 0 Å². The van der Waals surface area contributed by atoms with Gasteiger partial charge >= 0.3 is 0 Å². The largest absolute Gasteiger partial charge is 0.315 e. The van der Waals surface area contributed by atoms with E-state index < -0.39 is 10.0 Å². The van der Waals surface area contributed by atoms with Crippen molar-refractivity contribution in [2.75, 3.05) is 13.1 Å². The highest BCUT2D eigenvalue weighted by molar-refractivity contribution is 7.90. The van der Waals surface area contributed by atoms with Gasteiger partial charge in [0.1, 0.15) is 0 Å². The fourth-order valence-electron chi connectivity index (χ4n) is 3.19. The Labute approximate surface area is 105 Å². The molecule has 17 heavy (non-hydrogen) atoms. The number of hydrogen-bond donors (Lipinski definition) is 2. The van der Waals surface area contributed by atoms with Crippen LogP contribution in [-0.2, 0) is 10.0 Å². The molecule has 4 atom stereocenters. The summed E-state index contributed by atoms with van der Waals surface area (Å²) >= 11 is 0. The summed E-state index contributed by atoms with van der Waals surface area (Å²) < 4.78 is 27.3. The lowest BCUT2D eigenvalue weighted by atomic mass is 9.94. The highest BCUT2D eigenvalue weighted by Gasteiger charge is 2.37. The Kier molecular flexibility index (Phi) is 4.10. The highest BCUT2D eigenvalue weighted by atomic mass is 32.2. The van der Waals surface area contributed by atoms with E-state index in [2.05, 4.69) is 23.9 Å². The molecule has 100 valence electrons. The molecule has 1 saturated heterocycles. The van der Waals surface area contributed by atoms with E-state index in [1.54, 1.807) is 0 Å². The molecule has 0 radical (unpaired) electrons. The van der Waals surface area contributed by atoms with Gasteiger partial charge in [0, 0.05) is 12.6 Å². The molecule has 0 amide bonds. The Morgan fingerprint density at radius 2 is 2.06 bits per heavy atom. The van der Waals surface area contributed by atoms with Gasteiger partial charge in [-0.1, -0.05) is 20.3 Å². The van der Waals surface area contributed by atoms with Crippen molar-refractivity contribution in [1.29, 1.82) is 0 Å². The lowest BCUT2D eigenvalue weighted by Crippen LogP contribution is -2.43. The summed E-state index contributed by atoms with van der Waals surface area (Å²) in [5.41, 5.74) is 0. The number of hydrogen-bond acceptors (Lipinski definition) is 3. The Balaban J connectivity index is 1.96. The van der Waals surface area contributed by atoms with Crippen molar-refractivity contribution in [2.45, 2.75) is 50.8 Å². The van der Waals surface area contributed by atoms with Gasteiger partial charge in [0.05, 0.1) is 5.25 Å². The molecule has 5 heteroatoms. The van der Waals surface area contributed by atoms with Crippen LogP contribution in [0.15, 0.2) is 0 Å². The summed E-state index contributed by atoms with van der Waals surface area (Å²) in [6, 6.07) is 0.158. The molecule has 0 aromatic rings. The summed E-state index contributed by atoms with van der Waals surface area (Å²) in [5, 5.41) is 2.89. The average Bonchev–Trinajstić information content (AvgIpc) is 2.90. The average molecular weight is 260 g/mol. The van der Waals surface area contributed by atoms with Gasteiger partial charge in [-0.05, 0) is 37.6 Å². The topological polar surface area (TPSA) is 58.2 Å². The second-order valence-corrected chi connectivity index (χ2v) is 7.48. The van der Waals surface area contributed by atoms with Crippen LogP contribution in [0.2, 0.25) is 0 Å². The van der Waals surface area contributed by atoms with Crippen molar-refractivity contribution in [3.05, 3.63) is 0 Å². The van der Waals surface area contributed by atoms with E-state index in [1.807, 2.05) is 0 Å². The van der Waals surface area contributed by atoms with Crippen LogP contribution in [0.5, 0.6) is 0 Å². The van der Waals surface area contributed by atoms with E-state index in [0.29, 0.717) is 18.4 Å². The molecule has 2 N–H and O–H groups in total. The molecule has 1 saturated carbocycles. The fraction of sp³-hybridized carbons (Fsp3) is 1.00. The monoisotopic (exact) mass is 260 g/mol. The summed E-state index contributed by atoms with van der Waals surface area (Å²) in [7, 11) is -3.12. The Morgan fingerprint density at radius 3 is 2.59 bits per heavy atom. The molecule has 1 heterocycles. The third kappa shape index (κ3) is 2.83. The van der Waals surface area contributed by atoms with Crippen LogP contribution in [-0.4, -0.2) is 32.8 Å². The van der Waals surface area contributed by atoms with Crippen LogP contribution in [0.3, 0.4) is 0 Å². The lowest BCUT2D eigenvalue weighted by molar-refractivity contribution is 0.368. The quantitative estimate of drug-likeness (QED) is 0.795. The molecule has 2 fully saturated rings. The van der Waals surface area contributed by atoms with Crippen molar-refractivity contribution in [3.63, 3.8) is 0 Å². The van der Waals surface area contributed by atoms with Crippen molar-refractivity contribution in [1.82, 2.24) is 10.0 Å². The smallest absolute Gasteiger partial charge is 0.216 e.